The van der Waals surface area contributed by atoms with Crippen LogP contribution >= 0.6 is 0 Å². The van der Waals surface area contributed by atoms with Crippen molar-refractivity contribution < 1.29 is 42.8 Å². The fraction of sp³-hybridized carbons (Fsp3) is 0.875. The molecule has 0 aromatic rings. The van der Waals surface area contributed by atoms with Crippen LogP contribution in [0.1, 0.15) is 66.7 Å². The lowest BCUT2D eigenvalue weighted by molar-refractivity contribution is -0.183. The van der Waals surface area contributed by atoms with E-state index < -0.39 is 53.5 Å². The molecule has 0 saturated heterocycles. The second kappa shape index (κ2) is 9.97. The van der Waals surface area contributed by atoms with Gasteiger partial charge in [-0.2, -0.15) is 0 Å². The summed E-state index contributed by atoms with van der Waals surface area (Å²) in [7, 11) is 0. The molecule has 34 heavy (non-hydrogen) atoms. The number of ether oxygens (including phenoxy) is 4. The van der Waals surface area contributed by atoms with Crippen LogP contribution in [0, 0.1) is 29.6 Å². The summed E-state index contributed by atoms with van der Waals surface area (Å²) in [6.45, 7) is 9.74. The first-order valence-corrected chi connectivity index (χ1v) is 12.3. The summed E-state index contributed by atoms with van der Waals surface area (Å²) < 4.78 is 36.6. The maximum absolute atomic E-state index is 15.0. The SMILES string of the molecule is CCCO[C@@H]1C[C@@H]2[C@H]([C@]1(N)C(=O)OC(C)OC(=O)O[C@@H]1C[C@H](C)CC[C@H]1C(C)C)[C@@]2(F)C(=O)O. The number of rotatable bonds is 9. The van der Waals surface area contributed by atoms with Gasteiger partial charge in [-0.15, -0.1) is 0 Å². The van der Waals surface area contributed by atoms with Crippen molar-refractivity contribution in [3.05, 3.63) is 0 Å². The lowest BCUT2D eigenvalue weighted by atomic mass is 9.75. The van der Waals surface area contributed by atoms with Gasteiger partial charge in [0.15, 0.2) is 0 Å². The Balaban J connectivity index is 1.63. The van der Waals surface area contributed by atoms with Crippen molar-refractivity contribution in [2.24, 2.45) is 35.3 Å². The van der Waals surface area contributed by atoms with Crippen LogP contribution in [0.4, 0.5) is 9.18 Å². The van der Waals surface area contributed by atoms with E-state index in [0.717, 1.165) is 19.3 Å². The van der Waals surface area contributed by atoms with Crippen LogP contribution in [0.3, 0.4) is 0 Å². The molecular formula is C24H38FNO8. The quantitative estimate of drug-likeness (QED) is 0.370. The third kappa shape index (κ3) is 4.76. The normalized spacial score (nSPS) is 39.8. The molecule has 194 valence electrons. The monoisotopic (exact) mass is 487 g/mol. The van der Waals surface area contributed by atoms with Crippen molar-refractivity contribution >= 4 is 18.1 Å². The van der Waals surface area contributed by atoms with E-state index in [1.54, 1.807) is 0 Å². The minimum Gasteiger partial charge on any atom is -0.479 e. The predicted molar refractivity (Wildman–Crippen MR) is 118 cm³/mol. The van der Waals surface area contributed by atoms with E-state index in [4.69, 9.17) is 24.7 Å². The molecule has 0 heterocycles. The molecule has 0 aliphatic heterocycles. The van der Waals surface area contributed by atoms with Gasteiger partial charge in [-0.1, -0.05) is 34.1 Å². The molecule has 9 atom stereocenters. The zero-order valence-corrected chi connectivity index (χ0v) is 20.6. The number of nitrogens with two attached hydrogens (primary N) is 1. The molecule has 0 radical (unpaired) electrons. The number of aliphatic carboxylic acids is 1. The number of carboxylic acids is 1. The third-order valence-electron chi connectivity index (χ3n) is 7.75. The first-order valence-electron chi connectivity index (χ1n) is 12.3. The van der Waals surface area contributed by atoms with Gasteiger partial charge in [0.2, 0.25) is 12.0 Å². The minimum absolute atomic E-state index is 0.00714. The van der Waals surface area contributed by atoms with Crippen molar-refractivity contribution in [1.82, 2.24) is 0 Å². The molecule has 1 unspecified atom stereocenters. The molecule has 0 amide bonds. The number of esters is 1. The van der Waals surface area contributed by atoms with E-state index in [-0.39, 0.29) is 25.0 Å². The highest BCUT2D eigenvalue weighted by molar-refractivity contribution is 5.91. The first-order chi connectivity index (χ1) is 15.9. The first kappa shape index (κ1) is 26.7. The number of halogens is 1. The molecular weight excluding hydrogens is 449 g/mol. The second-order valence-electron chi connectivity index (χ2n) is 10.5. The molecule has 0 aromatic heterocycles. The van der Waals surface area contributed by atoms with E-state index in [9.17, 15) is 23.9 Å². The molecule has 9 nitrogen and oxygen atoms in total. The number of hydrogen-bond acceptors (Lipinski definition) is 8. The van der Waals surface area contributed by atoms with Crippen LogP contribution in [0.5, 0.6) is 0 Å². The predicted octanol–water partition coefficient (Wildman–Crippen LogP) is 3.42. The molecule has 0 bridgehead atoms. The summed E-state index contributed by atoms with van der Waals surface area (Å²) in [5.74, 6) is -3.97. The van der Waals surface area contributed by atoms with Gasteiger partial charge in [0, 0.05) is 25.4 Å². The van der Waals surface area contributed by atoms with Gasteiger partial charge in [0.25, 0.3) is 0 Å². The highest BCUT2D eigenvalue weighted by Crippen LogP contribution is 2.67. The van der Waals surface area contributed by atoms with Crippen LogP contribution in [-0.4, -0.2) is 59.5 Å². The summed E-state index contributed by atoms with van der Waals surface area (Å²) in [6, 6.07) is 0. The smallest absolute Gasteiger partial charge is 0.479 e. The molecule has 3 fully saturated rings. The summed E-state index contributed by atoms with van der Waals surface area (Å²) in [4.78, 5) is 36.9. The van der Waals surface area contributed by atoms with Gasteiger partial charge in [-0.05, 0) is 43.4 Å². The van der Waals surface area contributed by atoms with Crippen molar-refractivity contribution in [3.63, 3.8) is 0 Å². The summed E-state index contributed by atoms with van der Waals surface area (Å²) in [6.07, 6.45) is -0.132. The third-order valence-corrected chi connectivity index (χ3v) is 7.75. The lowest BCUT2D eigenvalue weighted by Crippen LogP contribution is -2.61. The molecule has 0 spiro atoms. The lowest BCUT2D eigenvalue weighted by Gasteiger charge is -2.36. The van der Waals surface area contributed by atoms with Crippen LogP contribution in [0.2, 0.25) is 0 Å². The Labute approximate surface area is 199 Å². The topological polar surface area (TPSA) is 134 Å². The molecule has 0 aromatic carbocycles. The largest absolute Gasteiger partial charge is 0.511 e. The standard InChI is InChI=1S/C24H38FNO8/c1-6-9-31-18-11-16-19(23(16,25)20(27)28)24(18,26)21(29)32-14(5)33-22(30)34-17-10-13(4)7-8-15(17)12(2)3/h12-19H,6-11,26H2,1-5H3,(H,27,28)/t13-,14?,15+,16-,17-,18-,19+,23-,24+/m1/s1. The van der Waals surface area contributed by atoms with E-state index in [1.807, 2.05) is 6.92 Å². The number of fused-ring (bicyclic) bond motifs is 1. The highest BCUT2D eigenvalue weighted by atomic mass is 19.1. The molecule has 3 aliphatic carbocycles. The van der Waals surface area contributed by atoms with Crippen LogP contribution in [0.25, 0.3) is 0 Å². The Kier molecular flexibility index (Phi) is 7.82. The van der Waals surface area contributed by atoms with Gasteiger partial charge in [0.05, 0.1) is 6.10 Å². The van der Waals surface area contributed by atoms with Crippen LogP contribution in [-0.2, 0) is 28.5 Å². The number of carbonyl (C=O) groups is 3. The summed E-state index contributed by atoms with van der Waals surface area (Å²) in [5, 5.41) is 9.32. The van der Waals surface area contributed by atoms with E-state index in [0.29, 0.717) is 18.3 Å². The van der Waals surface area contributed by atoms with Crippen molar-refractivity contribution in [2.75, 3.05) is 6.61 Å². The highest BCUT2D eigenvalue weighted by Gasteiger charge is 2.85. The second-order valence-corrected chi connectivity index (χ2v) is 10.5. The van der Waals surface area contributed by atoms with Gasteiger partial charge in [-0.3, -0.25) is 0 Å². The van der Waals surface area contributed by atoms with Gasteiger partial charge < -0.3 is 29.8 Å². The Morgan fingerprint density at radius 3 is 2.41 bits per heavy atom. The average molecular weight is 488 g/mol. The zero-order chi connectivity index (χ0) is 25.4. The van der Waals surface area contributed by atoms with E-state index in [1.165, 1.54) is 6.92 Å². The molecule has 10 heteroatoms. The Morgan fingerprint density at radius 2 is 1.82 bits per heavy atom. The fourth-order valence-electron chi connectivity index (χ4n) is 5.87. The van der Waals surface area contributed by atoms with Crippen molar-refractivity contribution in [2.45, 2.75) is 96.4 Å². The van der Waals surface area contributed by atoms with E-state index >= 15 is 0 Å². The van der Waals surface area contributed by atoms with Gasteiger partial charge in [0.1, 0.15) is 11.6 Å². The van der Waals surface area contributed by atoms with Crippen LogP contribution in [0.15, 0.2) is 0 Å². The van der Waals surface area contributed by atoms with Crippen molar-refractivity contribution in [1.29, 1.82) is 0 Å². The van der Waals surface area contributed by atoms with Gasteiger partial charge in [-0.25, -0.2) is 18.8 Å². The Morgan fingerprint density at radius 1 is 1.15 bits per heavy atom. The zero-order valence-electron chi connectivity index (χ0n) is 20.6. The average Bonchev–Trinajstić information content (AvgIpc) is 3.21. The maximum atomic E-state index is 15.0. The number of alkyl halides is 1. The number of carbonyl (C=O) groups excluding carboxylic acids is 2. The van der Waals surface area contributed by atoms with Gasteiger partial charge >= 0.3 is 18.1 Å². The molecule has 3 rings (SSSR count). The Bertz CT molecular complexity index is 793. The fourth-order valence-corrected chi connectivity index (χ4v) is 5.87. The Hall–Kier alpha value is -1.94. The minimum atomic E-state index is -2.60. The molecule has 3 saturated carbocycles. The summed E-state index contributed by atoms with van der Waals surface area (Å²) in [5.41, 5.74) is 1.70. The van der Waals surface area contributed by atoms with Crippen LogP contribution < -0.4 is 5.73 Å². The number of carboxylic acid groups (broad SMARTS) is 1. The molecule has 3 aliphatic rings. The molecule has 3 N–H and O–H groups in total. The van der Waals surface area contributed by atoms with E-state index in [2.05, 4.69) is 20.8 Å². The number of hydrogen-bond donors (Lipinski definition) is 2. The van der Waals surface area contributed by atoms with Crippen molar-refractivity contribution in [3.8, 4) is 0 Å². The summed E-state index contributed by atoms with van der Waals surface area (Å²) >= 11 is 0. The maximum Gasteiger partial charge on any atom is 0.511 e.